The third kappa shape index (κ3) is 1.74. The van der Waals surface area contributed by atoms with E-state index >= 15 is 0 Å². The number of methoxy groups -OCH3 is 1. The number of aromatic nitrogens is 2. The summed E-state index contributed by atoms with van der Waals surface area (Å²) in [5.41, 5.74) is 1.74. The molecule has 3 aromatic rings. The maximum Gasteiger partial charge on any atom is 0.182 e. The van der Waals surface area contributed by atoms with Crippen molar-refractivity contribution in [2.45, 2.75) is 0 Å². The van der Waals surface area contributed by atoms with Crippen LogP contribution in [0.25, 0.3) is 21.3 Å². The Morgan fingerprint density at radius 1 is 1.22 bits per heavy atom. The number of nitrogens with zero attached hydrogens (tertiary/aromatic N) is 2. The number of hydrogen-bond acceptors (Lipinski definition) is 4. The van der Waals surface area contributed by atoms with Crippen molar-refractivity contribution >= 4 is 33.0 Å². The van der Waals surface area contributed by atoms with Crippen molar-refractivity contribution < 1.29 is 4.74 Å². The van der Waals surface area contributed by atoms with Crippen LogP contribution < -0.4 is 4.74 Å². The highest BCUT2D eigenvalue weighted by molar-refractivity contribution is 7.17. The summed E-state index contributed by atoms with van der Waals surface area (Å²) < 4.78 is 6.48. The van der Waals surface area contributed by atoms with Gasteiger partial charge in [-0.15, -0.1) is 11.3 Å². The quantitative estimate of drug-likeness (QED) is 0.663. The first-order chi connectivity index (χ1) is 8.81. The number of thiophene rings is 1. The third-order valence-electron chi connectivity index (χ3n) is 2.70. The molecule has 18 heavy (non-hydrogen) atoms. The van der Waals surface area contributed by atoms with Crippen molar-refractivity contribution in [1.29, 1.82) is 0 Å². The van der Waals surface area contributed by atoms with Gasteiger partial charge in [-0.05, 0) is 16.8 Å². The lowest BCUT2D eigenvalue weighted by Crippen LogP contribution is -1.94. The fourth-order valence-electron chi connectivity index (χ4n) is 1.90. The van der Waals surface area contributed by atoms with Crippen LogP contribution in [0, 0.1) is 0 Å². The molecule has 0 aliphatic carbocycles. The van der Waals surface area contributed by atoms with Gasteiger partial charge in [0.2, 0.25) is 0 Å². The van der Waals surface area contributed by atoms with Crippen LogP contribution in [0.15, 0.2) is 36.0 Å². The van der Waals surface area contributed by atoms with E-state index in [9.17, 15) is 0 Å². The standard InChI is InChI=1S/C13H9ClN2OS/c1-17-11-10(15-7-16-13(11)14)9-4-2-3-8-5-6-18-12(8)9/h2-7H,1H3. The molecule has 0 atom stereocenters. The van der Waals surface area contributed by atoms with E-state index in [1.54, 1.807) is 18.4 Å². The molecule has 0 aliphatic rings. The molecule has 90 valence electrons. The topological polar surface area (TPSA) is 35.0 Å². The normalized spacial score (nSPS) is 10.8. The maximum absolute atomic E-state index is 6.03. The van der Waals surface area contributed by atoms with E-state index in [-0.39, 0.29) is 0 Å². The van der Waals surface area contributed by atoms with Gasteiger partial charge in [-0.3, -0.25) is 0 Å². The number of benzene rings is 1. The minimum Gasteiger partial charge on any atom is -0.491 e. The van der Waals surface area contributed by atoms with Gasteiger partial charge in [0.05, 0.1) is 7.11 Å². The van der Waals surface area contributed by atoms with E-state index in [1.807, 2.05) is 12.1 Å². The average Bonchev–Trinajstić information content (AvgIpc) is 2.86. The molecule has 5 heteroatoms. The Balaban J connectivity index is 2.32. The first-order valence-corrected chi connectivity index (χ1v) is 6.58. The smallest absolute Gasteiger partial charge is 0.182 e. The third-order valence-corrected chi connectivity index (χ3v) is 3.93. The summed E-state index contributed by atoms with van der Waals surface area (Å²) in [6.45, 7) is 0. The fourth-order valence-corrected chi connectivity index (χ4v) is 3.03. The highest BCUT2D eigenvalue weighted by atomic mass is 35.5. The summed E-state index contributed by atoms with van der Waals surface area (Å²) in [7, 11) is 1.57. The molecule has 3 rings (SSSR count). The zero-order valence-electron chi connectivity index (χ0n) is 9.55. The lowest BCUT2D eigenvalue weighted by Gasteiger charge is -2.09. The highest BCUT2D eigenvalue weighted by Gasteiger charge is 2.15. The Labute approximate surface area is 113 Å². The summed E-state index contributed by atoms with van der Waals surface area (Å²) in [4.78, 5) is 8.23. The van der Waals surface area contributed by atoms with E-state index in [0.29, 0.717) is 10.9 Å². The Hall–Kier alpha value is -1.65. The van der Waals surface area contributed by atoms with E-state index in [2.05, 4.69) is 27.5 Å². The zero-order chi connectivity index (χ0) is 12.5. The maximum atomic E-state index is 6.03. The van der Waals surface area contributed by atoms with Crippen LogP contribution in [0.4, 0.5) is 0 Å². The van der Waals surface area contributed by atoms with Crippen molar-refractivity contribution in [1.82, 2.24) is 9.97 Å². The predicted octanol–water partition coefficient (Wildman–Crippen LogP) is 4.02. The summed E-state index contributed by atoms with van der Waals surface area (Å²) in [6.07, 6.45) is 1.45. The van der Waals surface area contributed by atoms with Crippen molar-refractivity contribution in [3.63, 3.8) is 0 Å². The lowest BCUT2D eigenvalue weighted by atomic mass is 10.1. The second kappa shape index (κ2) is 4.55. The second-order valence-electron chi connectivity index (χ2n) is 3.69. The molecular weight excluding hydrogens is 268 g/mol. The summed E-state index contributed by atoms with van der Waals surface area (Å²) in [6, 6.07) is 8.17. The molecule has 0 radical (unpaired) electrons. The van der Waals surface area contributed by atoms with Crippen molar-refractivity contribution in [2.75, 3.05) is 7.11 Å². The van der Waals surface area contributed by atoms with Crippen LogP contribution in [0.5, 0.6) is 5.75 Å². The average molecular weight is 277 g/mol. The predicted molar refractivity (Wildman–Crippen MR) is 74.4 cm³/mol. The summed E-state index contributed by atoms with van der Waals surface area (Å²) in [5.74, 6) is 0.514. The molecule has 2 aromatic heterocycles. The Morgan fingerprint density at radius 2 is 2.11 bits per heavy atom. The van der Waals surface area contributed by atoms with Crippen molar-refractivity contribution in [3.05, 3.63) is 41.1 Å². The van der Waals surface area contributed by atoms with Gasteiger partial charge in [-0.25, -0.2) is 9.97 Å². The molecule has 0 spiro atoms. The Morgan fingerprint density at radius 3 is 2.94 bits per heavy atom. The molecule has 0 amide bonds. The van der Waals surface area contributed by atoms with Gasteiger partial charge in [0, 0.05) is 10.3 Å². The van der Waals surface area contributed by atoms with E-state index in [1.165, 1.54) is 16.4 Å². The minimum absolute atomic E-state index is 0.330. The monoisotopic (exact) mass is 276 g/mol. The van der Waals surface area contributed by atoms with Gasteiger partial charge < -0.3 is 4.74 Å². The number of fused-ring (bicyclic) bond motifs is 1. The zero-order valence-corrected chi connectivity index (χ0v) is 11.1. The van der Waals surface area contributed by atoms with Crippen LogP contribution in [-0.4, -0.2) is 17.1 Å². The molecule has 0 saturated heterocycles. The van der Waals surface area contributed by atoms with Gasteiger partial charge in [0.1, 0.15) is 12.0 Å². The molecule has 0 fully saturated rings. The van der Waals surface area contributed by atoms with Gasteiger partial charge in [-0.2, -0.15) is 0 Å². The van der Waals surface area contributed by atoms with E-state index < -0.39 is 0 Å². The number of ether oxygens (including phenoxy) is 1. The molecule has 0 bridgehead atoms. The number of hydrogen-bond donors (Lipinski definition) is 0. The highest BCUT2D eigenvalue weighted by Crippen LogP contribution is 2.38. The number of rotatable bonds is 2. The van der Waals surface area contributed by atoms with Crippen molar-refractivity contribution in [2.24, 2.45) is 0 Å². The van der Waals surface area contributed by atoms with Gasteiger partial charge in [0.25, 0.3) is 0 Å². The van der Waals surface area contributed by atoms with Crippen LogP contribution in [0.1, 0.15) is 0 Å². The SMILES string of the molecule is COc1c(Cl)ncnc1-c1cccc2ccsc12. The Kier molecular flexibility index (Phi) is 2.89. The minimum atomic E-state index is 0.330. The van der Waals surface area contributed by atoms with Gasteiger partial charge in [-0.1, -0.05) is 29.8 Å². The summed E-state index contributed by atoms with van der Waals surface area (Å²) >= 11 is 7.71. The van der Waals surface area contributed by atoms with Gasteiger partial charge in [0.15, 0.2) is 10.9 Å². The summed E-state index contributed by atoms with van der Waals surface area (Å²) in [5, 5.41) is 3.58. The van der Waals surface area contributed by atoms with Crippen LogP contribution in [-0.2, 0) is 0 Å². The first kappa shape index (κ1) is 11.4. The Bertz CT molecular complexity index is 711. The first-order valence-electron chi connectivity index (χ1n) is 5.32. The van der Waals surface area contributed by atoms with Crippen LogP contribution in [0.2, 0.25) is 5.15 Å². The largest absolute Gasteiger partial charge is 0.491 e. The van der Waals surface area contributed by atoms with Crippen LogP contribution in [0.3, 0.4) is 0 Å². The van der Waals surface area contributed by atoms with Gasteiger partial charge >= 0.3 is 0 Å². The van der Waals surface area contributed by atoms with E-state index in [4.69, 9.17) is 16.3 Å². The molecule has 1 aromatic carbocycles. The number of halogens is 1. The molecular formula is C13H9ClN2OS. The molecule has 0 N–H and O–H groups in total. The fraction of sp³-hybridized carbons (Fsp3) is 0.0769. The molecule has 2 heterocycles. The van der Waals surface area contributed by atoms with E-state index in [0.717, 1.165) is 11.3 Å². The molecule has 0 unspecified atom stereocenters. The van der Waals surface area contributed by atoms with Crippen molar-refractivity contribution in [3.8, 4) is 17.0 Å². The molecule has 0 saturated carbocycles. The lowest BCUT2D eigenvalue weighted by molar-refractivity contribution is 0.413. The molecule has 3 nitrogen and oxygen atoms in total. The molecule has 0 aliphatic heterocycles. The van der Waals surface area contributed by atoms with Crippen LogP contribution >= 0.6 is 22.9 Å². The second-order valence-corrected chi connectivity index (χ2v) is 4.96.